The maximum absolute atomic E-state index is 6.04. The number of nitrogens with one attached hydrogen (secondary N) is 2. The molecule has 2 aromatic heterocycles. The van der Waals surface area contributed by atoms with Gasteiger partial charge in [-0.15, -0.1) is 0 Å². The molecule has 0 fully saturated rings. The highest BCUT2D eigenvalue weighted by atomic mass is 35.5. The van der Waals surface area contributed by atoms with Gasteiger partial charge < -0.3 is 5.43 Å². The van der Waals surface area contributed by atoms with Crippen molar-refractivity contribution in [2.45, 2.75) is 6.54 Å². The van der Waals surface area contributed by atoms with Crippen molar-refractivity contribution >= 4 is 17.4 Å². The van der Waals surface area contributed by atoms with Gasteiger partial charge in [-0.2, -0.15) is 0 Å². The number of fused-ring (bicyclic) bond motifs is 1. The molecule has 0 amide bonds. The van der Waals surface area contributed by atoms with Gasteiger partial charge in [0.15, 0.2) is 0 Å². The maximum atomic E-state index is 6.04. The van der Waals surface area contributed by atoms with Crippen LogP contribution < -0.4 is 10.9 Å². The second kappa shape index (κ2) is 3.73. The summed E-state index contributed by atoms with van der Waals surface area (Å²) in [5.74, 6) is 0.878. The SMILES string of the molecule is Clc1ncccc1-c1cnc2c(c1)CNN2. The molecule has 16 heavy (non-hydrogen) atoms. The quantitative estimate of drug-likeness (QED) is 0.741. The number of rotatable bonds is 1. The molecular weight excluding hydrogens is 224 g/mol. The van der Waals surface area contributed by atoms with Crippen LogP contribution in [0, 0.1) is 0 Å². The van der Waals surface area contributed by atoms with Crippen LogP contribution in [0.2, 0.25) is 5.15 Å². The van der Waals surface area contributed by atoms with Crippen molar-refractivity contribution in [1.29, 1.82) is 0 Å². The van der Waals surface area contributed by atoms with Crippen LogP contribution in [0.25, 0.3) is 11.1 Å². The Hall–Kier alpha value is -1.65. The summed E-state index contributed by atoms with van der Waals surface area (Å²) in [7, 11) is 0. The van der Waals surface area contributed by atoms with E-state index in [1.54, 1.807) is 12.4 Å². The minimum absolute atomic E-state index is 0.503. The van der Waals surface area contributed by atoms with Crippen LogP contribution in [0.5, 0.6) is 0 Å². The van der Waals surface area contributed by atoms with Gasteiger partial charge in [0, 0.05) is 35.6 Å². The molecule has 0 aliphatic carbocycles. The number of hydrazine groups is 1. The number of pyridine rings is 2. The fourth-order valence-electron chi connectivity index (χ4n) is 1.73. The van der Waals surface area contributed by atoms with Crippen molar-refractivity contribution < 1.29 is 0 Å². The molecular formula is C11H9ClN4. The van der Waals surface area contributed by atoms with Crippen LogP contribution in [0.1, 0.15) is 5.56 Å². The summed E-state index contributed by atoms with van der Waals surface area (Å²) < 4.78 is 0. The third-order valence-electron chi connectivity index (χ3n) is 2.52. The smallest absolute Gasteiger partial charge is 0.144 e. The van der Waals surface area contributed by atoms with Gasteiger partial charge in [0.1, 0.15) is 11.0 Å². The normalized spacial score (nSPS) is 13.3. The number of hydrogen-bond donors (Lipinski definition) is 2. The standard InChI is InChI=1S/C11H9ClN4/c12-10-9(2-1-3-13-10)7-4-8-6-15-16-11(8)14-5-7/h1-5,15H,6H2,(H,14,16). The van der Waals surface area contributed by atoms with E-state index in [0.717, 1.165) is 29.1 Å². The van der Waals surface area contributed by atoms with Crippen LogP contribution in [0.4, 0.5) is 5.82 Å². The fourth-order valence-corrected chi connectivity index (χ4v) is 1.96. The Kier molecular flexibility index (Phi) is 2.23. The van der Waals surface area contributed by atoms with E-state index in [0.29, 0.717) is 5.15 Å². The van der Waals surface area contributed by atoms with Crippen molar-refractivity contribution in [2.24, 2.45) is 0 Å². The summed E-state index contributed by atoms with van der Waals surface area (Å²) in [6.07, 6.45) is 3.47. The lowest BCUT2D eigenvalue weighted by molar-refractivity contribution is 0.859. The van der Waals surface area contributed by atoms with E-state index < -0.39 is 0 Å². The Morgan fingerprint density at radius 3 is 3.12 bits per heavy atom. The zero-order chi connectivity index (χ0) is 11.0. The first-order valence-electron chi connectivity index (χ1n) is 4.93. The van der Waals surface area contributed by atoms with E-state index in [1.165, 1.54) is 0 Å². The van der Waals surface area contributed by atoms with Gasteiger partial charge in [0.05, 0.1) is 0 Å². The van der Waals surface area contributed by atoms with Crippen molar-refractivity contribution in [3.05, 3.63) is 41.3 Å². The Balaban J connectivity index is 2.11. The summed E-state index contributed by atoms with van der Waals surface area (Å²) in [6.45, 7) is 0.772. The summed E-state index contributed by atoms with van der Waals surface area (Å²) in [6, 6.07) is 5.87. The molecule has 0 spiro atoms. The van der Waals surface area contributed by atoms with Gasteiger partial charge >= 0.3 is 0 Å². The molecule has 0 bridgehead atoms. The average molecular weight is 233 g/mol. The molecule has 0 aromatic carbocycles. The number of halogens is 1. The number of nitrogens with zero attached hydrogens (tertiary/aromatic N) is 2. The lowest BCUT2D eigenvalue weighted by Crippen LogP contribution is -2.11. The monoisotopic (exact) mass is 232 g/mol. The van der Waals surface area contributed by atoms with E-state index in [9.17, 15) is 0 Å². The highest BCUT2D eigenvalue weighted by Gasteiger charge is 2.13. The summed E-state index contributed by atoms with van der Waals surface area (Å²) in [4.78, 5) is 8.37. The van der Waals surface area contributed by atoms with Gasteiger partial charge in [-0.1, -0.05) is 11.6 Å². The number of hydrogen-bond acceptors (Lipinski definition) is 4. The molecule has 0 saturated heterocycles. The molecule has 1 aliphatic rings. The molecule has 0 unspecified atom stereocenters. The van der Waals surface area contributed by atoms with Crippen molar-refractivity contribution in [2.75, 3.05) is 5.43 Å². The second-order valence-corrected chi connectivity index (χ2v) is 3.91. The van der Waals surface area contributed by atoms with Crippen LogP contribution in [0.3, 0.4) is 0 Å². The van der Waals surface area contributed by atoms with E-state index in [2.05, 4.69) is 26.9 Å². The van der Waals surface area contributed by atoms with Gasteiger partial charge in [0.25, 0.3) is 0 Å². The molecule has 2 N–H and O–H groups in total. The third-order valence-corrected chi connectivity index (χ3v) is 2.82. The van der Waals surface area contributed by atoms with Crippen LogP contribution in [0.15, 0.2) is 30.6 Å². The lowest BCUT2D eigenvalue weighted by Gasteiger charge is -2.04. The largest absolute Gasteiger partial charge is 0.305 e. The van der Waals surface area contributed by atoms with Crippen molar-refractivity contribution in [3.63, 3.8) is 0 Å². The number of anilines is 1. The minimum Gasteiger partial charge on any atom is -0.305 e. The first-order chi connectivity index (χ1) is 7.84. The van der Waals surface area contributed by atoms with Gasteiger partial charge in [-0.05, 0) is 18.2 Å². The fraction of sp³-hybridized carbons (Fsp3) is 0.0909. The minimum atomic E-state index is 0.503. The first-order valence-corrected chi connectivity index (χ1v) is 5.31. The third kappa shape index (κ3) is 1.52. The molecule has 2 aromatic rings. The van der Waals surface area contributed by atoms with Crippen LogP contribution >= 0.6 is 11.6 Å². The Labute approximate surface area is 97.7 Å². The molecule has 80 valence electrons. The van der Waals surface area contributed by atoms with Crippen molar-refractivity contribution in [3.8, 4) is 11.1 Å². The second-order valence-electron chi connectivity index (χ2n) is 3.55. The molecule has 4 nitrogen and oxygen atoms in total. The first kappa shape index (κ1) is 9.57. The van der Waals surface area contributed by atoms with E-state index in [4.69, 9.17) is 11.6 Å². The Morgan fingerprint density at radius 2 is 2.25 bits per heavy atom. The molecule has 5 heteroatoms. The predicted molar refractivity (Wildman–Crippen MR) is 62.9 cm³/mol. The molecule has 1 aliphatic heterocycles. The Morgan fingerprint density at radius 1 is 1.31 bits per heavy atom. The zero-order valence-corrected chi connectivity index (χ0v) is 9.12. The summed E-state index contributed by atoms with van der Waals surface area (Å²) in [5.41, 5.74) is 9.04. The maximum Gasteiger partial charge on any atom is 0.144 e. The van der Waals surface area contributed by atoms with Gasteiger partial charge in [-0.25, -0.2) is 15.4 Å². The van der Waals surface area contributed by atoms with E-state index in [-0.39, 0.29) is 0 Å². The van der Waals surface area contributed by atoms with E-state index in [1.807, 2.05) is 12.1 Å². The molecule has 0 atom stereocenters. The highest BCUT2D eigenvalue weighted by molar-refractivity contribution is 6.32. The molecule has 3 heterocycles. The zero-order valence-electron chi connectivity index (χ0n) is 8.37. The van der Waals surface area contributed by atoms with Crippen LogP contribution in [-0.4, -0.2) is 9.97 Å². The van der Waals surface area contributed by atoms with Gasteiger partial charge in [0.2, 0.25) is 0 Å². The molecule has 0 saturated carbocycles. The molecule has 0 radical (unpaired) electrons. The van der Waals surface area contributed by atoms with Crippen molar-refractivity contribution in [1.82, 2.24) is 15.4 Å². The van der Waals surface area contributed by atoms with Gasteiger partial charge in [-0.3, -0.25) is 0 Å². The topological polar surface area (TPSA) is 49.8 Å². The van der Waals surface area contributed by atoms with E-state index >= 15 is 0 Å². The molecule has 3 rings (SSSR count). The highest BCUT2D eigenvalue weighted by Crippen LogP contribution is 2.28. The summed E-state index contributed by atoms with van der Waals surface area (Å²) in [5, 5.41) is 0.503. The number of aromatic nitrogens is 2. The summed E-state index contributed by atoms with van der Waals surface area (Å²) >= 11 is 6.04. The van der Waals surface area contributed by atoms with Crippen LogP contribution in [-0.2, 0) is 6.54 Å². The predicted octanol–water partition coefficient (Wildman–Crippen LogP) is 2.23. The lowest BCUT2D eigenvalue weighted by atomic mass is 10.1. The Bertz CT molecular complexity index is 541. The average Bonchev–Trinajstić information content (AvgIpc) is 2.76.